The van der Waals surface area contributed by atoms with Gasteiger partial charge in [-0.25, -0.2) is 9.48 Å². The van der Waals surface area contributed by atoms with Crippen molar-refractivity contribution in [3.8, 4) is 0 Å². The molecule has 1 atom stereocenters. The first kappa shape index (κ1) is 14.0. The van der Waals surface area contributed by atoms with E-state index in [2.05, 4.69) is 24.2 Å². The Labute approximate surface area is 114 Å². The van der Waals surface area contributed by atoms with E-state index >= 15 is 0 Å². The molecule has 0 aliphatic heterocycles. The Hall–Kier alpha value is -1.39. The molecule has 1 unspecified atom stereocenters. The monoisotopic (exact) mass is 265 g/mol. The van der Waals surface area contributed by atoms with E-state index in [0.29, 0.717) is 11.8 Å². The molecule has 106 valence electrons. The molecule has 1 aromatic heterocycles. The molecule has 1 heterocycles. The van der Waals surface area contributed by atoms with Crippen molar-refractivity contribution in [2.24, 2.45) is 5.92 Å². The predicted octanol–water partition coefficient (Wildman–Crippen LogP) is 3.07. The van der Waals surface area contributed by atoms with Gasteiger partial charge in [-0.05, 0) is 25.2 Å². The highest BCUT2D eigenvalue weighted by Crippen LogP contribution is 2.41. The summed E-state index contributed by atoms with van der Waals surface area (Å²) in [6, 6.07) is 0. The van der Waals surface area contributed by atoms with E-state index in [9.17, 15) is 9.90 Å². The van der Waals surface area contributed by atoms with Gasteiger partial charge in [0, 0.05) is 12.5 Å². The minimum Gasteiger partial charge on any atom is -0.476 e. The number of aromatic nitrogens is 3. The number of carbonyl (C=O) groups is 1. The van der Waals surface area contributed by atoms with Gasteiger partial charge in [-0.15, -0.1) is 5.10 Å². The highest BCUT2D eigenvalue weighted by molar-refractivity contribution is 5.86. The SMILES string of the molecule is CCCCC(CC)Cn1nnc(C(=O)O)c1C1CC1. The van der Waals surface area contributed by atoms with Crippen LogP contribution in [-0.4, -0.2) is 26.1 Å². The third-order valence-corrected chi connectivity index (χ3v) is 3.91. The van der Waals surface area contributed by atoms with E-state index in [1.54, 1.807) is 0 Å². The van der Waals surface area contributed by atoms with E-state index in [0.717, 1.165) is 31.5 Å². The van der Waals surface area contributed by atoms with Crippen molar-refractivity contribution in [1.82, 2.24) is 15.0 Å². The van der Waals surface area contributed by atoms with Crippen molar-refractivity contribution < 1.29 is 9.90 Å². The molecule has 0 amide bonds. The molecule has 1 aliphatic carbocycles. The largest absolute Gasteiger partial charge is 0.476 e. The number of hydrogen-bond acceptors (Lipinski definition) is 3. The third-order valence-electron chi connectivity index (χ3n) is 3.91. The van der Waals surface area contributed by atoms with E-state index in [-0.39, 0.29) is 5.69 Å². The molecule has 0 radical (unpaired) electrons. The van der Waals surface area contributed by atoms with Gasteiger partial charge >= 0.3 is 5.97 Å². The minimum absolute atomic E-state index is 0.160. The average molecular weight is 265 g/mol. The molecule has 0 saturated heterocycles. The first-order valence-corrected chi connectivity index (χ1v) is 7.34. The summed E-state index contributed by atoms with van der Waals surface area (Å²) in [6.07, 6.45) is 6.84. The maximum atomic E-state index is 11.2. The van der Waals surface area contributed by atoms with E-state index < -0.39 is 5.97 Å². The summed E-state index contributed by atoms with van der Waals surface area (Å²) in [6.45, 7) is 5.19. The Morgan fingerprint density at radius 2 is 2.21 bits per heavy atom. The van der Waals surface area contributed by atoms with Crippen LogP contribution in [0.3, 0.4) is 0 Å². The third kappa shape index (κ3) is 3.33. The van der Waals surface area contributed by atoms with Gasteiger partial charge in [0.15, 0.2) is 5.69 Å². The molecule has 1 saturated carbocycles. The molecule has 19 heavy (non-hydrogen) atoms. The number of rotatable bonds is 8. The van der Waals surface area contributed by atoms with Crippen LogP contribution in [0.4, 0.5) is 0 Å². The fraction of sp³-hybridized carbons (Fsp3) is 0.786. The summed E-state index contributed by atoms with van der Waals surface area (Å²) in [4.78, 5) is 11.2. The van der Waals surface area contributed by atoms with E-state index in [4.69, 9.17) is 0 Å². The Kier molecular flexibility index (Phi) is 4.56. The molecule has 1 fully saturated rings. The summed E-state index contributed by atoms with van der Waals surface area (Å²) < 4.78 is 1.85. The molecular formula is C14H23N3O2. The highest BCUT2D eigenvalue weighted by Gasteiger charge is 2.34. The fourth-order valence-electron chi connectivity index (χ4n) is 2.53. The summed E-state index contributed by atoms with van der Waals surface area (Å²) in [5.41, 5.74) is 1.01. The second kappa shape index (κ2) is 6.17. The molecule has 5 nitrogen and oxygen atoms in total. The lowest BCUT2D eigenvalue weighted by molar-refractivity contribution is 0.0689. The van der Waals surface area contributed by atoms with Crippen LogP contribution in [-0.2, 0) is 6.54 Å². The van der Waals surface area contributed by atoms with Crippen LogP contribution in [0.15, 0.2) is 0 Å². The van der Waals surface area contributed by atoms with E-state index in [1.807, 2.05) is 4.68 Å². The van der Waals surface area contributed by atoms with Gasteiger partial charge in [0.2, 0.25) is 0 Å². The fourth-order valence-corrected chi connectivity index (χ4v) is 2.53. The predicted molar refractivity (Wildman–Crippen MR) is 72.3 cm³/mol. The van der Waals surface area contributed by atoms with Crippen molar-refractivity contribution in [2.45, 2.75) is 64.8 Å². The molecule has 0 aromatic carbocycles. The Morgan fingerprint density at radius 1 is 1.47 bits per heavy atom. The Balaban J connectivity index is 2.12. The van der Waals surface area contributed by atoms with Crippen molar-refractivity contribution >= 4 is 5.97 Å². The van der Waals surface area contributed by atoms with E-state index in [1.165, 1.54) is 19.3 Å². The van der Waals surface area contributed by atoms with Gasteiger partial charge in [-0.3, -0.25) is 0 Å². The topological polar surface area (TPSA) is 68.0 Å². The standard InChI is InChI=1S/C14H23N3O2/c1-3-5-6-10(4-2)9-17-13(11-7-8-11)12(14(18)19)15-16-17/h10-11H,3-9H2,1-2H3,(H,18,19). The van der Waals surface area contributed by atoms with Crippen LogP contribution in [0.2, 0.25) is 0 Å². The summed E-state index contributed by atoms with van der Waals surface area (Å²) in [5.74, 6) is -0.0136. The number of aromatic carboxylic acids is 1. The molecule has 1 aromatic rings. The van der Waals surface area contributed by atoms with Crippen LogP contribution in [0.25, 0.3) is 0 Å². The number of nitrogens with zero attached hydrogens (tertiary/aromatic N) is 3. The van der Waals surface area contributed by atoms with Crippen molar-refractivity contribution in [3.63, 3.8) is 0 Å². The molecule has 2 rings (SSSR count). The molecule has 0 spiro atoms. The smallest absolute Gasteiger partial charge is 0.358 e. The normalized spacial score (nSPS) is 16.5. The van der Waals surface area contributed by atoms with Crippen LogP contribution in [0.1, 0.15) is 74.5 Å². The minimum atomic E-state index is -0.949. The zero-order valence-corrected chi connectivity index (χ0v) is 11.8. The lowest BCUT2D eigenvalue weighted by atomic mass is 9.99. The number of hydrogen-bond donors (Lipinski definition) is 1. The number of unbranched alkanes of at least 4 members (excludes halogenated alkanes) is 1. The Bertz CT molecular complexity index is 438. The van der Waals surface area contributed by atoms with Crippen molar-refractivity contribution in [2.75, 3.05) is 0 Å². The zero-order valence-electron chi connectivity index (χ0n) is 11.8. The number of carboxylic acid groups (broad SMARTS) is 1. The Morgan fingerprint density at radius 3 is 2.74 bits per heavy atom. The van der Waals surface area contributed by atoms with Crippen LogP contribution >= 0.6 is 0 Å². The van der Waals surface area contributed by atoms with Gasteiger partial charge in [0.25, 0.3) is 0 Å². The molecule has 0 bridgehead atoms. The quantitative estimate of drug-likeness (QED) is 0.784. The number of carboxylic acids is 1. The maximum absolute atomic E-state index is 11.2. The van der Waals surface area contributed by atoms with Gasteiger partial charge in [-0.1, -0.05) is 38.3 Å². The molecule has 5 heteroatoms. The molecule has 1 N–H and O–H groups in total. The van der Waals surface area contributed by atoms with Crippen LogP contribution in [0, 0.1) is 5.92 Å². The first-order chi connectivity index (χ1) is 9.17. The summed E-state index contributed by atoms with van der Waals surface area (Å²) in [7, 11) is 0. The maximum Gasteiger partial charge on any atom is 0.358 e. The van der Waals surface area contributed by atoms with Crippen LogP contribution in [0.5, 0.6) is 0 Å². The van der Waals surface area contributed by atoms with Crippen LogP contribution < -0.4 is 0 Å². The molecule has 1 aliphatic rings. The zero-order chi connectivity index (χ0) is 13.8. The summed E-state index contributed by atoms with van der Waals surface area (Å²) >= 11 is 0. The van der Waals surface area contributed by atoms with Gasteiger partial charge in [-0.2, -0.15) is 0 Å². The average Bonchev–Trinajstić information content (AvgIpc) is 3.14. The lowest BCUT2D eigenvalue weighted by Gasteiger charge is -2.15. The van der Waals surface area contributed by atoms with Gasteiger partial charge < -0.3 is 5.11 Å². The van der Waals surface area contributed by atoms with Crippen molar-refractivity contribution in [1.29, 1.82) is 0 Å². The highest BCUT2D eigenvalue weighted by atomic mass is 16.4. The van der Waals surface area contributed by atoms with Gasteiger partial charge in [0.1, 0.15) is 0 Å². The molecular weight excluding hydrogens is 242 g/mol. The summed E-state index contributed by atoms with van der Waals surface area (Å²) in [5, 5.41) is 17.1. The first-order valence-electron chi connectivity index (χ1n) is 7.34. The van der Waals surface area contributed by atoms with Crippen molar-refractivity contribution in [3.05, 3.63) is 11.4 Å². The van der Waals surface area contributed by atoms with Gasteiger partial charge in [0.05, 0.1) is 5.69 Å². The second-order valence-corrected chi connectivity index (χ2v) is 5.50. The second-order valence-electron chi connectivity index (χ2n) is 5.50. The lowest BCUT2D eigenvalue weighted by Crippen LogP contribution is -2.14.